The van der Waals surface area contributed by atoms with Crippen LogP contribution >= 0.6 is 0 Å². The molecule has 0 fully saturated rings. The Labute approximate surface area is 53.4 Å². The second kappa shape index (κ2) is 4.14. The SMILES string of the molecule is CCC(N=O)C(=O)CN. The van der Waals surface area contributed by atoms with E-state index in [4.69, 9.17) is 5.73 Å². The van der Waals surface area contributed by atoms with Gasteiger partial charge in [-0.3, -0.25) is 4.79 Å². The molecule has 0 rings (SSSR count). The molecule has 0 aliphatic carbocycles. The number of nitrogens with zero attached hydrogens (tertiary/aromatic N) is 1. The molecule has 9 heavy (non-hydrogen) atoms. The molecule has 0 aliphatic rings. The number of carbonyl (C=O) groups is 1. The fourth-order valence-corrected chi connectivity index (χ4v) is 0.497. The molecule has 0 aromatic rings. The summed E-state index contributed by atoms with van der Waals surface area (Å²) >= 11 is 0. The molecule has 0 saturated heterocycles. The number of hydrogen-bond acceptors (Lipinski definition) is 4. The third-order valence-electron chi connectivity index (χ3n) is 1.09. The van der Waals surface area contributed by atoms with Gasteiger partial charge in [-0.1, -0.05) is 12.1 Å². The Bertz CT molecular complexity index is 114. The lowest BCUT2D eigenvalue weighted by molar-refractivity contribution is -0.118. The lowest BCUT2D eigenvalue weighted by atomic mass is 10.1. The summed E-state index contributed by atoms with van der Waals surface area (Å²) in [6, 6.07) is -0.727. The second-order valence-electron chi connectivity index (χ2n) is 1.70. The molecule has 1 unspecified atom stereocenters. The van der Waals surface area contributed by atoms with Gasteiger partial charge in [-0.15, -0.1) is 0 Å². The zero-order valence-electron chi connectivity index (χ0n) is 5.33. The molecular formula is C5H10N2O2. The molecule has 0 aromatic heterocycles. The van der Waals surface area contributed by atoms with E-state index in [0.717, 1.165) is 0 Å². The fraction of sp³-hybridized carbons (Fsp3) is 0.800. The van der Waals surface area contributed by atoms with Gasteiger partial charge in [-0.05, 0) is 6.42 Å². The Kier molecular flexibility index (Phi) is 3.79. The Morgan fingerprint density at radius 2 is 2.33 bits per heavy atom. The molecule has 0 spiro atoms. The van der Waals surface area contributed by atoms with Crippen LogP contribution < -0.4 is 5.73 Å². The molecule has 52 valence electrons. The van der Waals surface area contributed by atoms with Gasteiger partial charge in [0.1, 0.15) is 0 Å². The Hall–Kier alpha value is -0.770. The van der Waals surface area contributed by atoms with Crippen LogP contribution in [-0.4, -0.2) is 18.4 Å². The van der Waals surface area contributed by atoms with Gasteiger partial charge < -0.3 is 5.73 Å². The van der Waals surface area contributed by atoms with Crippen LogP contribution in [0.5, 0.6) is 0 Å². The maximum atomic E-state index is 10.6. The summed E-state index contributed by atoms with van der Waals surface area (Å²) in [5.74, 6) is -0.285. The number of ketones is 1. The smallest absolute Gasteiger partial charge is 0.174 e. The lowest BCUT2D eigenvalue weighted by Crippen LogP contribution is -2.25. The van der Waals surface area contributed by atoms with Crippen molar-refractivity contribution in [2.24, 2.45) is 10.9 Å². The van der Waals surface area contributed by atoms with Crippen molar-refractivity contribution in [3.8, 4) is 0 Å². The summed E-state index contributed by atoms with van der Waals surface area (Å²) in [7, 11) is 0. The van der Waals surface area contributed by atoms with E-state index in [2.05, 4.69) is 5.18 Å². The molecule has 1 atom stereocenters. The zero-order chi connectivity index (χ0) is 7.28. The van der Waals surface area contributed by atoms with Crippen LogP contribution in [0.25, 0.3) is 0 Å². The number of nitroso groups, excluding NO2 is 1. The van der Waals surface area contributed by atoms with Gasteiger partial charge in [0, 0.05) is 0 Å². The molecule has 2 N–H and O–H groups in total. The van der Waals surface area contributed by atoms with Gasteiger partial charge >= 0.3 is 0 Å². The molecule has 0 aliphatic heterocycles. The highest BCUT2D eigenvalue weighted by atomic mass is 16.3. The molecule has 4 heteroatoms. The fourth-order valence-electron chi connectivity index (χ4n) is 0.497. The number of hydrogen-bond donors (Lipinski definition) is 1. The van der Waals surface area contributed by atoms with Gasteiger partial charge in [0.2, 0.25) is 0 Å². The highest BCUT2D eigenvalue weighted by molar-refractivity contribution is 5.85. The first-order chi connectivity index (χ1) is 4.26. The Balaban J connectivity index is 3.78. The summed E-state index contributed by atoms with van der Waals surface area (Å²) in [5.41, 5.74) is 4.98. The quantitative estimate of drug-likeness (QED) is 0.547. The van der Waals surface area contributed by atoms with Crippen molar-refractivity contribution in [2.75, 3.05) is 6.54 Å². The lowest BCUT2D eigenvalue weighted by Gasteiger charge is -1.99. The topological polar surface area (TPSA) is 72.5 Å². The van der Waals surface area contributed by atoms with E-state index >= 15 is 0 Å². The molecule has 0 radical (unpaired) electrons. The standard InChI is InChI=1S/C5H10N2O2/c1-2-4(7-9)5(8)3-6/h4H,2-3,6H2,1H3. The van der Waals surface area contributed by atoms with Crippen molar-refractivity contribution in [1.29, 1.82) is 0 Å². The molecule has 4 nitrogen and oxygen atoms in total. The van der Waals surface area contributed by atoms with Gasteiger partial charge in [-0.2, -0.15) is 4.91 Å². The Morgan fingerprint density at radius 3 is 2.44 bits per heavy atom. The molecule has 0 saturated carbocycles. The summed E-state index contributed by atoms with van der Waals surface area (Å²) in [5, 5.41) is 2.60. The monoisotopic (exact) mass is 130 g/mol. The van der Waals surface area contributed by atoms with Crippen LogP contribution in [0.2, 0.25) is 0 Å². The molecule has 0 bridgehead atoms. The van der Waals surface area contributed by atoms with E-state index in [1.807, 2.05) is 0 Å². The third kappa shape index (κ3) is 2.32. The van der Waals surface area contributed by atoms with E-state index in [9.17, 15) is 9.70 Å². The minimum absolute atomic E-state index is 0.0930. The van der Waals surface area contributed by atoms with Crippen molar-refractivity contribution in [3.63, 3.8) is 0 Å². The predicted molar refractivity (Wildman–Crippen MR) is 33.9 cm³/mol. The average molecular weight is 130 g/mol. The maximum Gasteiger partial charge on any atom is 0.174 e. The van der Waals surface area contributed by atoms with Crippen LogP contribution in [-0.2, 0) is 4.79 Å². The molecule has 0 aromatic carbocycles. The zero-order valence-corrected chi connectivity index (χ0v) is 5.33. The van der Waals surface area contributed by atoms with Crippen molar-refractivity contribution < 1.29 is 4.79 Å². The van der Waals surface area contributed by atoms with Crippen LogP contribution in [0, 0.1) is 4.91 Å². The summed E-state index contributed by atoms with van der Waals surface area (Å²) in [6.45, 7) is 1.63. The van der Waals surface area contributed by atoms with E-state index in [0.29, 0.717) is 6.42 Å². The summed E-state index contributed by atoms with van der Waals surface area (Å²) < 4.78 is 0. The average Bonchev–Trinajstić information content (AvgIpc) is 1.90. The predicted octanol–water partition coefficient (Wildman–Crippen LogP) is 0.0592. The first kappa shape index (κ1) is 8.23. The van der Waals surface area contributed by atoms with Crippen LogP contribution in [0.3, 0.4) is 0 Å². The minimum atomic E-state index is -0.727. The number of nitrogens with two attached hydrogens (primary N) is 1. The van der Waals surface area contributed by atoms with Gasteiger partial charge in [0.15, 0.2) is 11.8 Å². The van der Waals surface area contributed by atoms with Crippen molar-refractivity contribution in [1.82, 2.24) is 0 Å². The number of rotatable bonds is 4. The van der Waals surface area contributed by atoms with E-state index < -0.39 is 6.04 Å². The first-order valence-electron chi connectivity index (χ1n) is 2.81. The van der Waals surface area contributed by atoms with Gasteiger partial charge in [0.25, 0.3) is 0 Å². The van der Waals surface area contributed by atoms with Crippen molar-refractivity contribution in [2.45, 2.75) is 19.4 Å². The van der Waals surface area contributed by atoms with Gasteiger partial charge in [0.05, 0.1) is 6.54 Å². The third-order valence-corrected chi connectivity index (χ3v) is 1.09. The van der Waals surface area contributed by atoms with E-state index in [1.165, 1.54) is 0 Å². The molecular weight excluding hydrogens is 120 g/mol. The Morgan fingerprint density at radius 1 is 1.78 bits per heavy atom. The van der Waals surface area contributed by atoms with Crippen LogP contribution in [0.15, 0.2) is 5.18 Å². The van der Waals surface area contributed by atoms with Crippen LogP contribution in [0.1, 0.15) is 13.3 Å². The van der Waals surface area contributed by atoms with E-state index in [-0.39, 0.29) is 12.3 Å². The normalized spacial score (nSPS) is 12.7. The largest absolute Gasteiger partial charge is 0.324 e. The minimum Gasteiger partial charge on any atom is -0.324 e. The molecule has 0 heterocycles. The number of carbonyl (C=O) groups excluding carboxylic acids is 1. The van der Waals surface area contributed by atoms with E-state index in [1.54, 1.807) is 6.92 Å². The summed E-state index contributed by atoms with van der Waals surface area (Å²) in [6.07, 6.45) is 0.444. The van der Waals surface area contributed by atoms with Gasteiger partial charge in [-0.25, -0.2) is 0 Å². The number of Topliss-reactive ketones (excluding diaryl/α,β-unsaturated/α-hetero) is 1. The molecule has 0 amide bonds. The first-order valence-corrected chi connectivity index (χ1v) is 2.81. The maximum absolute atomic E-state index is 10.6. The van der Waals surface area contributed by atoms with Crippen molar-refractivity contribution in [3.05, 3.63) is 4.91 Å². The summed E-state index contributed by atoms with van der Waals surface area (Å²) in [4.78, 5) is 20.4. The van der Waals surface area contributed by atoms with Crippen molar-refractivity contribution >= 4 is 5.78 Å². The highest BCUT2D eigenvalue weighted by Crippen LogP contribution is 1.95. The highest BCUT2D eigenvalue weighted by Gasteiger charge is 2.13. The van der Waals surface area contributed by atoms with Crippen LogP contribution in [0.4, 0.5) is 0 Å². The second-order valence-corrected chi connectivity index (χ2v) is 1.70.